The van der Waals surface area contributed by atoms with E-state index in [4.69, 9.17) is 0 Å². The Labute approximate surface area is 163 Å². The van der Waals surface area contributed by atoms with Crippen molar-refractivity contribution >= 4 is 27.3 Å². The molecular formula is C21H19FN2O3S. The van der Waals surface area contributed by atoms with Crippen LogP contribution in [-0.2, 0) is 14.8 Å². The van der Waals surface area contributed by atoms with E-state index in [1.165, 1.54) is 35.2 Å². The molecule has 144 valence electrons. The van der Waals surface area contributed by atoms with Gasteiger partial charge in [-0.25, -0.2) is 12.8 Å². The second kappa shape index (κ2) is 8.22. The molecule has 0 radical (unpaired) electrons. The molecule has 0 aliphatic rings. The zero-order chi connectivity index (χ0) is 20.1. The van der Waals surface area contributed by atoms with Crippen LogP contribution in [0, 0.1) is 5.82 Å². The molecule has 0 heterocycles. The van der Waals surface area contributed by atoms with Crippen LogP contribution in [0.3, 0.4) is 0 Å². The number of nitrogens with zero attached hydrogens (tertiary/aromatic N) is 2. The average Bonchev–Trinajstić information content (AvgIpc) is 2.73. The minimum absolute atomic E-state index is 0.0200. The van der Waals surface area contributed by atoms with Gasteiger partial charge in [0.05, 0.1) is 10.6 Å². The first-order valence-electron chi connectivity index (χ1n) is 8.55. The van der Waals surface area contributed by atoms with Crippen molar-refractivity contribution in [3.63, 3.8) is 0 Å². The first kappa shape index (κ1) is 19.6. The van der Waals surface area contributed by atoms with E-state index in [-0.39, 0.29) is 10.6 Å². The van der Waals surface area contributed by atoms with Crippen molar-refractivity contribution in [2.45, 2.75) is 4.90 Å². The highest BCUT2D eigenvalue weighted by atomic mass is 32.2. The Bertz CT molecular complexity index is 1060. The zero-order valence-electron chi connectivity index (χ0n) is 15.2. The molecule has 0 aliphatic carbocycles. The molecule has 0 atom stereocenters. The maximum Gasteiger partial charge on any atom is 0.264 e. The van der Waals surface area contributed by atoms with Crippen molar-refractivity contribution in [1.29, 1.82) is 0 Å². The van der Waals surface area contributed by atoms with Crippen LogP contribution in [-0.4, -0.2) is 27.9 Å². The van der Waals surface area contributed by atoms with Gasteiger partial charge in [0.2, 0.25) is 5.91 Å². The van der Waals surface area contributed by atoms with Crippen LogP contribution in [0.2, 0.25) is 0 Å². The summed E-state index contributed by atoms with van der Waals surface area (Å²) in [7, 11) is -2.59. The first-order valence-corrected chi connectivity index (χ1v) is 9.99. The van der Waals surface area contributed by atoms with E-state index in [2.05, 4.69) is 0 Å². The molecular weight excluding hydrogens is 379 g/mol. The number of hydrogen-bond acceptors (Lipinski definition) is 3. The predicted molar refractivity (Wildman–Crippen MR) is 107 cm³/mol. The lowest BCUT2D eigenvalue weighted by Crippen LogP contribution is -2.42. The molecule has 0 aromatic heterocycles. The molecule has 3 aromatic rings. The quantitative estimate of drug-likeness (QED) is 0.636. The van der Waals surface area contributed by atoms with Crippen molar-refractivity contribution in [1.82, 2.24) is 0 Å². The smallest absolute Gasteiger partial charge is 0.264 e. The second-order valence-corrected chi connectivity index (χ2v) is 7.93. The standard InChI is InChI=1S/C21H19FN2O3S/c1-23(17-10-4-2-5-11-17)21(25)16-24(20-15-9-8-14-19(20)22)28(26,27)18-12-6-3-7-13-18/h2-15H,16H2,1H3. The van der Waals surface area contributed by atoms with E-state index < -0.39 is 28.3 Å². The number of rotatable bonds is 6. The molecule has 5 nitrogen and oxygen atoms in total. The fraction of sp³-hybridized carbons (Fsp3) is 0.0952. The fourth-order valence-corrected chi connectivity index (χ4v) is 4.14. The van der Waals surface area contributed by atoms with Gasteiger partial charge in [0, 0.05) is 12.7 Å². The number of anilines is 2. The molecule has 7 heteroatoms. The van der Waals surface area contributed by atoms with Crippen LogP contribution in [0.4, 0.5) is 15.8 Å². The van der Waals surface area contributed by atoms with Crippen LogP contribution in [0.5, 0.6) is 0 Å². The summed E-state index contributed by atoms with van der Waals surface area (Å²) < 4.78 is 41.6. The summed E-state index contributed by atoms with van der Waals surface area (Å²) in [6.45, 7) is -0.538. The highest BCUT2D eigenvalue weighted by Crippen LogP contribution is 2.26. The summed E-state index contributed by atoms with van der Waals surface area (Å²) in [6, 6.07) is 22.0. The first-order chi connectivity index (χ1) is 13.4. The van der Waals surface area contributed by atoms with Crippen molar-refractivity contribution in [3.05, 3.63) is 90.7 Å². The van der Waals surface area contributed by atoms with E-state index >= 15 is 0 Å². The van der Waals surface area contributed by atoms with Crippen LogP contribution in [0.25, 0.3) is 0 Å². The second-order valence-electron chi connectivity index (χ2n) is 6.06. The summed E-state index contributed by atoms with van der Waals surface area (Å²) >= 11 is 0. The third kappa shape index (κ3) is 4.04. The van der Waals surface area contributed by atoms with Crippen LogP contribution >= 0.6 is 0 Å². The largest absolute Gasteiger partial charge is 0.314 e. The molecule has 0 bridgehead atoms. The lowest BCUT2D eigenvalue weighted by Gasteiger charge is -2.27. The Morgan fingerprint density at radius 2 is 1.39 bits per heavy atom. The molecule has 0 unspecified atom stereocenters. The normalized spacial score (nSPS) is 11.1. The number of carbonyl (C=O) groups is 1. The maximum atomic E-state index is 14.4. The summed E-state index contributed by atoms with van der Waals surface area (Å²) in [4.78, 5) is 14.1. The van der Waals surface area contributed by atoms with Crippen molar-refractivity contribution in [2.24, 2.45) is 0 Å². The number of sulfonamides is 1. The van der Waals surface area contributed by atoms with E-state index in [0.717, 1.165) is 10.4 Å². The number of carbonyl (C=O) groups excluding carboxylic acids is 1. The Kier molecular flexibility index (Phi) is 5.75. The summed E-state index contributed by atoms with van der Waals surface area (Å²) in [5, 5.41) is 0. The summed E-state index contributed by atoms with van der Waals surface area (Å²) in [5.41, 5.74) is 0.430. The Morgan fingerprint density at radius 1 is 0.857 bits per heavy atom. The summed E-state index contributed by atoms with van der Waals surface area (Å²) in [6.07, 6.45) is 0. The molecule has 0 saturated carbocycles. The highest BCUT2D eigenvalue weighted by Gasteiger charge is 2.30. The van der Waals surface area contributed by atoms with Crippen molar-refractivity contribution in [3.8, 4) is 0 Å². The number of likely N-dealkylation sites (N-methyl/N-ethyl adjacent to an activating group) is 1. The predicted octanol–water partition coefficient (Wildman–Crippen LogP) is 3.68. The molecule has 28 heavy (non-hydrogen) atoms. The van der Waals surface area contributed by atoms with Crippen LogP contribution in [0.15, 0.2) is 89.8 Å². The molecule has 0 fully saturated rings. The van der Waals surface area contributed by atoms with Crippen LogP contribution in [0.1, 0.15) is 0 Å². The molecule has 0 N–H and O–H groups in total. The minimum Gasteiger partial charge on any atom is -0.314 e. The SMILES string of the molecule is CN(C(=O)CN(c1ccccc1F)S(=O)(=O)c1ccccc1)c1ccccc1. The third-order valence-electron chi connectivity index (χ3n) is 4.25. The number of hydrogen-bond donors (Lipinski definition) is 0. The van der Waals surface area contributed by atoms with E-state index in [9.17, 15) is 17.6 Å². The van der Waals surface area contributed by atoms with Crippen molar-refractivity contribution in [2.75, 3.05) is 22.8 Å². The monoisotopic (exact) mass is 398 g/mol. The lowest BCUT2D eigenvalue weighted by atomic mass is 10.3. The molecule has 0 aliphatic heterocycles. The van der Waals surface area contributed by atoms with Gasteiger partial charge in [-0.2, -0.15) is 0 Å². The van der Waals surface area contributed by atoms with Gasteiger partial charge in [-0.15, -0.1) is 0 Å². The summed E-state index contributed by atoms with van der Waals surface area (Å²) in [5.74, 6) is -1.22. The molecule has 0 spiro atoms. The maximum absolute atomic E-state index is 14.4. The molecule has 1 amide bonds. The number of halogens is 1. The Balaban J connectivity index is 2.00. The van der Waals surface area contributed by atoms with Gasteiger partial charge in [-0.1, -0.05) is 48.5 Å². The van der Waals surface area contributed by atoms with E-state index in [0.29, 0.717) is 5.69 Å². The van der Waals surface area contributed by atoms with Gasteiger partial charge in [-0.05, 0) is 36.4 Å². The zero-order valence-corrected chi connectivity index (χ0v) is 16.0. The molecule has 3 aromatic carbocycles. The Morgan fingerprint density at radius 3 is 2.00 bits per heavy atom. The lowest BCUT2D eigenvalue weighted by molar-refractivity contribution is -0.116. The fourth-order valence-electron chi connectivity index (χ4n) is 2.70. The van der Waals surface area contributed by atoms with Gasteiger partial charge in [0.15, 0.2) is 0 Å². The topological polar surface area (TPSA) is 57.7 Å². The molecule has 3 rings (SSSR count). The highest BCUT2D eigenvalue weighted by molar-refractivity contribution is 7.92. The Hall–Kier alpha value is -3.19. The van der Waals surface area contributed by atoms with Gasteiger partial charge in [0.1, 0.15) is 12.4 Å². The van der Waals surface area contributed by atoms with E-state index in [1.807, 2.05) is 6.07 Å². The van der Waals surface area contributed by atoms with Crippen LogP contribution < -0.4 is 9.21 Å². The average molecular weight is 398 g/mol. The molecule has 0 saturated heterocycles. The third-order valence-corrected chi connectivity index (χ3v) is 6.02. The minimum atomic E-state index is -4.14. The van der Waals surface area contributed by atoms with Gasteiger partial charge in [0.25, 0.3) is 10.0 Å². The number of benzene rings is 3. The van der Waals surface area contributed by atoms with E-state index in [1.54, 1.807) is 49.5 Å². The van der Waals surface area contributed by atoms with Gasteiger partial charge >= 0.3 is 0 Å². The number of para-hydroxylation sites is 2. The van der Waals surface area contributed by atoms with Crippen molar-refractivity contribution < 1.29 is 17.6 Å². The van der Waals surface area contributed by atoms with Gasteiger partial charge < -0.3 is 4.90 Å². The van der Waals surface area contributed by atoms with Gasteiger partial charge in [-0.3, -0.25) is 9.10 Å². The number of amides is 1.